The second-order valence-electron chi connectivity index (χ2n) is 4.32. The van der Waals surface area contributed by atoms with E-state index in [1.54, 1.807) is 25.3 Å². The van der Waals surface area contributed by atoms with E-state index in [1.165, 1.54) is 0 Å². The van der Waals surface area contributed by atoms with Gasteiger partial charge in [0.15, 0.2) is 0 Å². The van der Waals surface area contributed by atoms with Gasteiger partial charge in [0.1, 0.15) is 17.0 Å². The smallest absolute Gasteiger partial charge is 0.242 e. The largest absolute Gasteiger partial charge is 0.383 e. The molecule has 1 amide bonds. The van der Waals surface area contributed by atoms with E-state index in [1.807, 2.05) is 18.2 Å². The van der Waals surface area contributed by atoms with Crippen LogP contribution in [0.3, 0.4) is 0 Å². The number of benzene rings is 1. The molecule has 0 radical (unpaired) electrons. The molecule has 104 valence electrons. The Morgan fingerprint density at radius 2 is 2.10 bits per heavy atom. The van der Waals surface area contributed by atoms with Gasteiger partial charge in [0.2, 0.25) is 5.91 Å². The molecule has 0 saturated heterocycles. The number of aryl methyl sites for hydroxylation is 1. The molecule has 3 N–H and O–H groups in total. The Morgan fingerprint density at radius 1 is 1.40 bits per heavy atom. The predicted molar refractivity (Wildman–Crippen MR) is 78.1 cm³/mol. The van der Waals surface area contributed by atoms with E-state index in [0.717, 1.165) is 5.56 Å². The number of hydrogen-bond donors (Lipinski definition) is 2. The molecule has 1 unspecified atom stereocenters. The van der Waals surface area contributed by atoms with Crippen molar-refractivity contribution in [2.24, 2.45) is 0 Å². The van der Waals surface area contributed by atoms with Gasteiger partial charge in [0.05, 0.1) is 0 Å². The molecule has 0 aliphatic rings. The Hall–Kier alpha value is -2.14. The Morgan fingerprint density at radius 3 is 2.75 bits per heavy atom. The molecule has 1 aromatic heterocycles. The van der Waals surface area contributed by atoms with Gasteiger partial charge in [-0.25, -0.2) is 9.97 Å². The summed E-state index contributed by atoms with van der Waals surface area (Å²) in [6, 6.07) is 9.16. The third-order valence-corrected chi connectivity index (χ3v) is 3.24. The number of anilines is 1. The van der Waals surface area contributed by atoms with Crippen LogP contribution in [0.2, 0.25) is 0 Å². The minimum atomic E-state index is -0.733. The fraction of sp³-hybridized carbons (Fsp3) is 0.214. The van der Waals surface area contributed by atoms with Gasteiger partial charge in [-0.3, -0.25) is 4.79 Å². The average Bonchev–Trinajstić information content (AvgIpc) is 2.46. The van der Waals surface area contributed by atoms with Crippen LogP contribution in [0.5, 0.6) is 0 Å². The number of hydrogen-bond acceptors (Lipinski definition) is 4. The number of carbonyl (C=O) groups is 1. The van der Waals surface area contributed by atoms with Crippen LogP contribution in [0.1, 0.15) is 22.3 Å². The van der Waals surface area contributed by atoms with Gasteiger partial charge in [-0.1, -0.05) is 30.3 Å². The summed E-state index contributed by atoms with van der Waals surface area (Å²) >= 11 is 6.11. The number of rotatable bonds is 4. The number of alkyl halides is 1. The molecular weight excluding hydrogens is 276 g/mol. The normalized spacial score (nSPS) is 11.9. The quantitative estimate of drug-likeness (QED) is 0.844. The van der Waals surface area contributed by atoms with Crippen LogP contribution in [0, 0.1) is 6.92 Å². The maximum atomic E-state index is 12.0. The first-order valence-electron chi connectivity index (χ1n) is 6.12. The van der Waals surface area contributed by atoms with Crippen molar-refractivity contribution in [2.45, 2.75) is 18.8 Å². The zero-order valence-corrected chi connectivity index (χ0v) is 11.8. The van der Waals surface area contributed by atoms with Gasteiger partial charge in [-0.2, -0.15) is 0 Å². The number of nitrogens with zero attached hydrogens (tertiary/aromatic N) is 2. The zero-order valence-electron chi connectivity index (χ0n) is 11.0. The SMILES string of the molecule is Cc1ncc(CNC(=O)C(Cl)c2ccccc2)c(N)n1. The van der Waals surface area contributed by atoms with E-state index in [0.29, 0.717) is 17.2 Å². The molecule has 20 heavy (non-hydrogen) atoms. The Balaban J connectivity index is 1.98. The summed E-state index contributed by atoms with van der Waals surface area (Å²) in [4.78, 5) is 20.1. The summed E-state index contributed by atoms with van der Waals surface area (Å²) in [5.74, 6) is 0.679. The van der Waals surface area contributed by atoms with E-state index < -0.39 is 5.38 Å². The molecule has 2 rings (SSSR count). The van der Waals surface area contributed by atoms with Crippen molar-refractivity contribution in [3.63, 3.8) is 0 Å². The van der Waals surface area contributed by atoms with Crippen LogP contribution in [-0.4, -0.2) is 15.9 Å². The van der Waals surface area contributed by atoms with Gasteiger partial charge < -0.3 is 11.1 Å². The summed E-state index contributed by atoms with van der Waals surface area (Å²) in [6.45, 7) is 2.00. The molecule has 0 bridgehead atoms. The molecule has 0 fully saturated rings. The highest BCUT2D eigenvalue weighted by Crippen LogP contribution is 2.20. The number of nitrogens with one attached hydrogen (secondary N) is 1. The highest BCUT2D eigenvalue weighted by Gasteiger charge is 2.17. The first-order valence-corrected chi connectivity index (χ1v) is 6.56. The van der Waals surface area contributed by atoms with Crippen molar-refractivity contribution in [1.82, 2.24) is 15.3 Å². The molecular formula is C14H15ClN4O. The molecule has 2 aromatic rings. The van der Waals surface area contributed by atoms with Crippen LogP contribution >= 0.6 is 11.6 Å². The molecule has 0 saturated carbocycles. The van der Waals surface area contributed by atoms with E-state index in [2.05, 4.69) is 15.3 Å². The van der Waals surface area contributed by atoms with Crippen LogP contribution in [0.15, 0.2) is 36.5 Å². The maximum Gasteiger partial charge on any atom is 0.242 e. The molecule has 0 aliphatic carbocycles. The summed E-state index contributed by atoms with van der Waals surface area (Å²) in [6.07, 6.45) is 1.60. The molecule has 1 heterocycles. The van der Waals surface area contributed by atoms with Gasteiger partial charge in [-0.15, -0.1) is 11.6 Å². The zero-order chi connectivity index (χ0) is 14.5. The lowest BCUT2D eigenvalue weighted by molar-refractivity contribution is -0.121. The molecule has 1 aromatic carbocycles. The Kier molecular flexibility index (Phi) is 4.53. The van der Waals surface area contributed by atoms with E-state index in [4.69, 9.17) is 17.3 Å². The summed E-state index contributed by atoms with van der Waals surface area (Å²) in [7, 11) is 0. The molecule has 6 heteroatoms. The van der Waals surface area contributed by atoms with Crippen molar-refractivity contribution in [3.05, 3.63) is 53.5 Å². The van der Waals surface area contributed by atoms with E-state index >= 15 is 0 Å². The first kappa shape index (κ1) is 14.3. The highest BCUT2D eigenvalue weighted by atomic mass is 35.5. The van der Waals surface area contributed by atoms with Crippen LogP contribution < -0.4 is 11.1 Å². The second kappa shape index (κ2) is 6.34. The van der Waals surface area contributed by atoms with Gasteiger partial charge in [0, 0.05) is 18.3 Å². The van der Waals surface area contributed by atoms with Crippen molar-refractivity contribution >= 4 is 23.3 Å². The highest BCUT2D eigenvalue weighted by molar-refractivity contribution is 6.30. The van der Waals surface area contributed by atoms with Crippen LogP contribution in [-0.2, 0) is 11.3 Å². The van der Waals surface area contributed by atoms with Gasteiger partial charge in [-0.05, 0) is 12.5 Å². The number of carbonyl (C=O) groups excluding carboxylic acids is 1. The monoisotopic (exact) mass is 290 g/mol. The number of amides is 1. The minimum absolute atomic E-state index is 0.251. The summed E-state index contributed by atoms with van der Waals surface area (Å²) < 4.78 is 0. The third kappa shape index (κ3) is 3.45. The Labute approximate surface area is 122 Å². The molecule has 0 aliphatic heterocycles. The number of aromatic nitrogens is 2. The maximum absolute atomic E-state index is 12.0. The van der Waals surface area contributed by atoms with Crippen molar-refractivity contribution in [2.75, 3.05) is 5.73 Å². The van der Waals surface area contributed by atoms with Crippen molar-refractivity contribution in [3.8, 4) is 0 Å². The number of nitrogens with two attached hydrogens (primary N) is 1. The standard InChI is InChI=1S/C14H15ClN4O/c1-9-17-7-11(13(16)19-9)8-18-14(20)12(15)10-5-3-2-4-6-10/h2-7,12H,8H2,1H3,(H,18,20)(H2,16,17,19). The summed E-state index contributed by atoms with van der Waals surface area (Å²) in [5, 5.41) is 1.99. The summed E-state index contributed by atoms with van der Waals surface area (Å²) in [5.41, 5.74) is 7.18. The minimum Gasteiger partial charge on any atom is -0.383 e. The molecule has 1 atom stereocenters. The fourth-order valence-electron chi connectivity index (χ4n) is 1.69. The van der Waals surface area contributed by atoms with Gasteiger partial charge >= 0.3 is 0 Å². The lowest BCUT2D eigenvalue weighted by atomic mass is 10.1. The topological polar surface area (TPSA) is 80.9 Å². The van der Waals surface area contributed by atoms with Gasteiger partial charge in [0.25, 0.3) is 0 Å². The van der Waals surface area contributed by atoms with Crippen LogP contribution in [0.4, 0.5) is 5.82 Å². The van der Waals surface area contributed by atoms with Crippen molar-refractivity contribution in [1.29, 1.82) is 0 Å². The lowest BCUT2D eigenvalue weighted by Gasteiger charge is -2.11. The molecule has 0 spiro atoms. The average molecular weight is 291 g/mol. The van der Waals surface area contributed by atoms with Crippen molar-refractivity contribution < 1.29 is 4.79 Å². The van der Waals surface area contributed by atoms with E-state index in [-0.39, 0.29) is 12.5 Å². The first-order chi connectivity index (χ1) is 9.58. The number of halogens is 1. The van der Waals surface area contributed by atoms with Crippen LogP contribution in [0.25, 0.3) is 0 Å². The Bertz CT molecular complexity index is 603. The predicted octanol–water partition coefficient (Wildman–Crippen LogP) is 1.96. The van der Waals surface area contributed by atoms with E-state index in [9.17, 15) is 4.79 Å². The second-order valence-corrected chi connectivity index (χ2v) is 4.76. The molecule has 5 nitrogen and oxygen atoms in total. The third-order valence-electron chi connectivity index (χ3n) is 2.79. The fourth-order valence-corrected chi connectivity index (χ4v) is 1.92. The lowest BCUT2D eigenvalue weighted by Crippen LogP contribution is -2.27. The number of nitrogen functional groups attached to an aromatic ring is 1.